The van der Waals surface area contributed by atoms with Gasteiger partial charge < -0.3 is 4.90 Å². The summed E-state index contributed by atoms with van der Waals surface area (Å²) in [5.41, 5.74) is 3.31. The van der Waals surface area contributed by atoms with Gasteiger partial charge in [0.05, 0.1) is 11.4 Å². The van der Waals surface area contributed by atoms with Gasteiger partial charge >= 0.3 is 0 Å². The Morgan fingerprint density at radius 3 is 2.39 bits per heavy atom. The molecule has 0 spiro atoms. The second kappa shape index (κ2) is 11.2. The van der Waals surface area contributed by atoms with Crippen LogP contribution in [0.4, 0.5) is 0 Å². The van der Waals surface area contributed by atoms with Gasteiger partial charge in [0, 0.05) is 36.4 Å². The summed E-state index contributed by atoms with van der Waals surface area (Å²) in [6.45, 7) is 1.63. The van der Waals surface area contributed by atoms with E-state index in [2.05, 4.69) is 74.3 Å². The highest BCUT2D eigenvalue weighted by atomic mass is 32.2. The van der Waals surface area contributed by atoms with E-state index in [-0.39, 0.29) is 5.91 Å². The van der Waals surface area contributed by atoms with Gasteiger partial charge in [0.15, 0.2) is 11.0 Å². The van der Waals surface area contributed by atoms with Crippen molar-refractivity contribution in [3.05, 3.63) is 103 Å². The van der Waals surface area contributed by atoms with E-state index >= 15 is 0 Å². The predicted molar refractivity (Wildman–Crippen MR) is 152 cm³/mol. The highest BCUT2D eigenvalue weighted by Crippen LogP contribution is 2.32. The maximum absolute atomic E-state index is 13.2. The highest BCUT2D eigenvalue weighted by molar-refractivity contribution is 7.99. The topological polar surface area (TPSA) is 63.9 Å². The molecule has 5 aromatic rings. The fourth-order valence-corrected chi connectivity index (χ4v) is 6.07. The van der Waals surface area contributed by atoms with Gasteiger partial charge in [-0.1, -0.05) is 78.5 Å². The molecule has 0 N–H and O–H groups in total. The Morgan fingerprint density at radius 1 is 0.842 bits per heavy atom. The van der Waals surface area contributed by atoms with E-state index in [1.165, 1.54) is 17.3 Å². The van der Waals surface area contributed by atoms with Crippen molar-refractivity contribution in [2.75, 3.05) is 18.8 Å². The molecule has 1 amide bonds. The number of piperidine rings is 1. The molecule has 0 bridgehead atoms. The number of carbonyl (C=O) groups is 1. The molecule has 6 rings (SSSR count). The van der Waals surface area contributed by atoms with Crippen LogP contribution in [0.25, 0.3) is 27.8 Å². The molecule has 0 atom stereocenters. The van der Waals surface area contributed by atoms with Crippen LogP contribution in [0.5, 0.6) is 0 Å². The van der Waals surface area contributed by atoms with E-state index in [9.17, 15) is 4.79 Å². The molecule has 0 unspecified atom stereocenters. The molecule has 2 aromatic heterocycles. The molecule has 7 heteroatoms. The van der Waals surface area contributed by atoms with Gasteiger partial charge in [0.2, 0.25) is 5.91 Å². The van der Waals surface area contributed by atoms with Crippen LogP contribution < -0.4 is 0 Å². The van der Waals surface area contributed by atoms with E-state index in [1.807, 2.05) is 35.2 Å². The number of fused-ring (bicyclic) bond motifs is 1. The summed E-state index contributed by atoms with van der Waals surface area (Å²) in [5.74, 6) is 1.86. The lowest BCUT2D eigenvalue weighted by atomic mass is 9.90. The average Bonchev–Trinajstić information content (AvgIpc) is 3.41. The van der Waals surface area contributed by atoms with E-state index < -0.39 is 0 Å². The van der Waals surface area contributed by atoms with Crippen LogP contribution >= 0.6 is 11.8 Å². The quantitative estimate of drug-likeness (QED) is 0.245. The maximum atomic E-state index is 13.2. The van der Waals surface area contributed by atoms with Crippen LogP contribution in [-0.4, -0.2) is 49.4 Å². The van der Waals surface area contributed by atoms with Gasteiger partial charge in [-0.2, -0.15) is 0 Å². The molecular weight excluding hydrogens is 490 g/mol. The Labute approximate surface area is 226 Å². The second-order valence-electron chi connectivity index (χ2n) is 9.68. The van der Waals surface area contributed by atoms with E-state index in [1.54, 1.807) is 12.4 Å². The van der Waals surface area contributed by atoms with Crippen molar-refractivity contribution in [1.29, 1.82) is 0 Å². The largest absolute Gasteiger partial charge is 0.342 e. The summed E-state index contributed by atoms with van der Waals surface area (Å²) in [5, 5.41) is 12.0. The third-order valence-electron chi connectivity index (χ3n) is 7.24. The fraction of sp³-hybridized carbons (Fsp3) is 0.226. The van der Waals surface area contributed by atoms with E-state index in [4.69, 9.17) is 0 Å². The van der Waals surface area contributed by atoms with Gasteiger partial charge in [-0.3, -0.25) is 14.3 Å². The number of amides is 1. The van der Waals surface area contributed by atoms with Crippen molar-refractivity contribution in [3.8, 4) is 17.1 Å². The molecule has 3 aromatic carbocycles. The maximum Gasteiger partial charge on any atom is 0.233 e. The lowest BCUT2D eigenvalue weighted by Crippen LogP contribution is -2.39. The van der Waals surface area contributed by atoms with Crippen molar-refractivity contribution >= 4 is 28.4 Å². The molecule has 1 aliphatic heterocycles. The van der Waals surface area contributed by atoms with Crippen LogP contribution in [0.2, 0.25) is 0 Å². The lowest BCUT2D eigenvalue weighted by molar-refractivity contribution is -0.129. The number of nitrogens with zero attached hydrogens (tertiary/aromatic N) is 5. The minimum Gasteiger partial charge on any atom is -0.342 e. The van der Waals surface area contributed by atoms with E-state index in [0.717, 1.165) is 60.2 Å². The third-order valence-corrected chi connectivity index (χ3v) is 8.15. The van der Waals surface area contributed by atoms with Gasteiger partial charge in [-0.15, -0.1) is 10.2 Å². The number of rotatable bonds is 7. The molecule has 0 aliphatic carbocycles. The number of thioether (sulfide) groups is 1. The average molecular weight is 520 g/mol. The molecule has 1 fully saturated rings. The zero-order valence-electron chi connectivity index (χ0n) is 21.1. The zero-order chi connectivity index (χ0) is 25.7. The first kappa shape index (κ1) is 24.4. The number of likely N-dealkylation sites (tertiary alicyclic amines) is 1. The molecular formula is C31H29N5OS. The number of benzene rings is 3. The Bertz CT molecular complexity index is 1520. The highest BCUT2D eigenvalue weighted by Gasteiger charge is 2.24. The van der Waals surface area contributed by atoms with Crippen LogP contribution in [0.3, 0.4) is 0 Å². The molecule has 1 aliphatic rings. The SMILES string of the molecule is O=C(CSc1nnc(-c2ccncc2)n1-c1cccc2ccccc12)N1CCC(Cc2ccccc2)CC1. The van der Waals surface area contributed by atoms with Crippen LogP contribution in [-0.2, 0) is 11.2 Å². The summed E-state index contributed by atoms with van der Waals surface area (Å²) in [6, 6.07) is 29.1. The number of aromatic nitrogens is 4. The van der Waals surface area contributed by atoms with Gasteiger partial charge in [-0.25, -0.2) is 0 Å². The Hall–Kier alpha value is -3.97. The number of carbonyl (C=O) groups excluding carboxylic acids is 1. The third kappa shape index (κ3) is 5.20. The number of pyridine rings is 1. The van der Waals surface area contributed by atoms with Gasteiger partial charge in [0.1, 0.15) is 0 Å². The fourth-order valence-electron chi connectivity index (χ4n) is 5.22. The molecule has 3 heterocycles. The first-order chi connectivity index (χ1) is 18.8. The molecule has 190 valence electrons. The smallest absolute Gasteiger partial charge is 0.233 e. The first-order valence-electron chi connectivity index (χ1n) is 13.0. The van der Waals surface area contributed by atoms with Crippen molar-refractivity contribution in [2.24, 2.45) is 5.92 Å². The Kier molecular flexibility index (Phi) is 7.18. The minimum atomic E-state index is 0.158. The molecule has 1 saturated heterocycles. The van der Waals surface area contributed by atoms with Crippen molar-refractivity contribution in [3.63, 3.8) is 0 Å². The molecule has 0 saturated carbocycles. The molecule has 6 nitrogen and oxygen atoms in total. The summed E-state index contributed by atoms with van der Waals surface area (Å²) >= 11 is 1.45. The van der Waals surface area contributed by atoms with Crippen LogP contribution in [0, 0.1) is 5.92 Å². The summed E-state index contributed by atoms with van der Waals surface area (Å²) in [6.07, 6.45) is 6.70. The monoisotopic (exact) mass is 519 g/mol. The Morgan fingerprint density at radius 2 is 1.58 bits per heavy atom. The molecule has 38 heavy (non-hydrogen) atoms. The number of hydrogen-bond acceptors (Lipinski definition) is 5. The molecule has 0 radical (unpaired) electrons. The first-order valence-corrected chi connectivity index (χ1v) is 14.0. The zero-order valence-corrected chi connectivity index (χ0v) is 21.9. The summed E-state index contributed by atoms with van der Waals surface area (Å²) < 4.78 is 2.07. The summed E-state index contributed by atoms with van der Waals surface area (Å²) in [4.78, 5) is 19.4. The van der Waals surface area contributed by atoms with Crippen LogP contribution in [0.1, 0.15) is 18.4 Å². The normalized spacial score (nSPS) is 14.2. The predicted octanol–water partition coefficient (Wildman–Crippen LogP) is 6.06. The lowest BCUT2D eigenvalue weighted by Gasteiger charge is -2.32. The van der Waals surface area contributed by atoms with E-state index in [0.29, 0.717) is 16.8 Å². The van der Waals surface area contributed by atoms with Crippen LogP contribution in [0.15, 0.2) is 102 Å². The number of hydrogen-bond donors (Lipinski definition) is 0. The van der Waals surface area contributed by atoms with Gasteiger partial charge in [0.25, 0.3) is 0 Å². The van der Waals surface area contributed by atoms with Gasteiger partial charge in [-0.05, 0) is 54.3 Å². The minimum absolute atomic E-state index is 0.158. The second-order valence-corrected chi connectivity index (χ2v) is 10.6. The standard InChI is InChI=1S/C31H29N5OS/c37-29(35-19-15-24(16-20-35)21-23-7-2-1-3-8-23)22-38-31-34-33-30(26-13-17-32-18-14-26)36(31)28-12-6-10-25-9-4-5-11-27(25)28/h1-14,17-18,24H,15-16,19-22H2. The Balaban J connectivity index is 1.20. The summed E-state index contributed by atoms with van der Waals surface area (Å²) in [7, 11) is 0. The van der Waals surface area contributed by atoms with Crippen molar-refractivity contribution < 1.29 is 4.79 Å². The van der Waals surface area contributed by atoms with Crippen molar-refractivity contribution in [2.45, 2.75) is 24.4 Å². The van der Waals surface area contributed by atoms with Crippen molar-refractivity contribution in [1.82, 2.24) is 24.6 Å².